The topological polar surface area (TPSA) is 98.1 Å². The van der Waals surface area contributed by atoms with Gasteiger partial charge in [0.2, 0.25) is 0 Å². The van der Waals surface area contributed by atoms with Crippen molar-refractivity contribution in [1.29, 1.82) is 0 Å². The van der Waals surface area contributed by atoms with Crippen LogP contribution in [0.2, 0.25) is 10.0 Å². The van der Waals surface area contributed by atoms with E-state index in [-0.39, 0.29) is 12.3 Å². The number of nitrogens with zero attached hydrogens (tertiary/aromatic N) is 3. The highest BCUT2D eigenvalue weighted by Gasteiger charge is 2.21. The van der Waals surface area contributed by atoms with Gasteiger partial charge in [0.1, 0.15) is 10.3 Å². The van der Waals surface area contributed by atoms with E-state index in [4.69, 9.17) is 27.9 Å². The van der Waals surface area contributed by atoms with Gasteiger partial charge in [0.05, 0.1) is 23.0 Å². The Morgan fingerprint density at radius 2 is 2.00 bits per heavy atom. The third-order valence-electron chi connectivity index (χ3n) is 3.90. The van der Waals surface area contributed by atoms with E-state index >= 15 is 0 Å². The number of hydrogen-bond donors (Lipinski definition) is 2. The molecule has 0 radical (unpaired) electrons. The molecule has 11 heteroatoms. The van der Waals surface area contributed by atoms with Crippen molar-refractivity contribution in [3.8, 4) is 5.82 Å². The summed E-state index contributed by atoms with van der Waals surface area (Å²) in [4.78, 5) is 29.2. The number of pyridine rings is 1. The Balaban J connectivity index is 1.98. The van der Waals surface area contributed by atoms with Gasteiger partial charge in [0, 0.05) is 17.3 Å². The molecule has 0 aliphatic heterocycles. The molecule has 0 unspecified atom stereocenters. The predicted octanol–water partition coefficient (Wildman–Crippen LogP) is 5.47. The van der Waals surface area contributed by atoms with E-state index in [1.807, 2.05) is 0 Å². The summed E-state index contributed by atoms with van der Waals surface area (Å²) < 4.78 is 6.66. The summed E-state index contributed by atoms with van der Waals surface area (Å²) in [5.41, 5.74) is 1.49. The van der Waals surface area contributed by atoms with Gasteiger partial charge in [-0.2, -0.15) is 5.10 Å². The fraction of sp³-hybridized carbons (Fsp3) is 0.158. The van der Waals surface area contributed by atoms with Gasteiger partial charge in [-0.15, -0.1) is 0 Å². The Kier molecular flexibility index (Phi) is 6.96. The van der Waals surface area contributed by atoms with E-state index in [9.17, 15) is 9.59 Å². The van der Waals surface area contributed by atoms with Crippen LogP contribution in [0.25, 0.3) is 5.82 Å². The molecule has 0 bridgehead atoms. The highest BCUT2D eigenvalue weighted by molar-refractivity contribution is 9.10. The highest BCUT2D eigenvalue weighted by atomic mass is 79.9. The number of anilines is 2. The van der Waals surface area contributed by atoms with Gasteiger partial charge in [-0.25, -0.2) is 14.5 Å². The Morgan fingerprint density at radius 3 is 2.70 bits per heavy atom. The zero-order chi connectivity index (χ0) is 21.8. The van der Waals surface area contributed by atoms with Crippen molar-refractivity contribution in [1.82, 2.24) is 14.8 Å². The lowest BCUT2D eigenvalue weighted by atomic mass is 10.1. The van der Waals surface area contributed by atoms with Crippen LogP contribution in [0.4, 0.5) is 16.2 Å². The van der Waals surface area contributed by atoms with Crippen LogP contribution in [0.5, 0.6) is 0 Å². The zero-order valence-electron chi connectivity index (χ0n) is 15.9. The normalized spacial score (nSPS) is 10.6. The number of amides is 2. The molecule has 0 spiro atoms. The zero-order valence-corrected chi connectivity index (χ0v) is 19.0. The number of aromatic nitrogens is 3. The first-order chi connectivity index (χ1) is 14.3. The second-order valence-electron chi connectivity index (χ2n) is 6.02. The standard InChI is InChI=1S/C19H16BrCl2N5O3/c1-3-30-19(29)24-13-8-11(21)7-10(2)16(13)25-18(28)14-9-15(20)26-27(14)17-12(22)5-4-6-23-17/h4-9H,3H2,1-2H3,(H,24,29)(H,25,28). The fourth-order valence-electron chi connectivity index (χ4n) is 2.67. The monoisotopic (exact) mass is 511 g/mol. The van der Waals surface area contributed by atoms with Crippen LogP contribution in [0.3, 0.4) is 0 Å². The van der Waals surface area contributed by atoms with Gasteiger partial charge in [-0.3, -0.25) is 10.1 Å². The van der Waals surface area contributed by atoms with Crippen molar-refractivity contribution >= 4 is 62.5 Å². The maximum Gasteiger partial charge on any atom is 0.411 e. The van der Waals surface area contributed by atoms with Crippen LogP contribution in [-0.4, -0.2) is 33.4 Å². The second-order valence-corrected chi connectivity index (χ2v) is 7.67. The number of halogens is 3. The van der Waals surface area contributed by atoms with Crippen molar-refractivity contribution in [3.63, 3.8) is 0 Å². The minimum atomic E-state index is -0.664. The summed E-state index contributed by atoms with van der Waals surface area (Å²) in [5, 5.41) is 10.4. The summed E-state index contributed by atoms with van der Waals surface area (Å²) in [6.45, 7) is 3.64. The van der Waals surface area contributed by atoms with Crippen LogP contribution < -0.4 is 10.6 Å². The minimum Gasteiger partial charge on any atom is -0.450 e. The number of aryl methyl sites for hydroxylation is 1. The summed E-state index contributed by atoms with van der Waals surface area (Å²) in [6, 6.07) is 8.03. The average Bonchev–Trinajstić information content (AvgIpc) is 3.06. The first-order valence-corrected chi connectivity index (χ1v) is 10.3. The van der Waals surface area contributed by atoms with Crippen molar-refractivity contribution in [2.45, 2.75) is 13.8 Å². The molecule has 0 aliphatic rings. The van der Waals surface area contributed by atoms with Crippen LogP contribution >= 0.6 is 39.1 Å². The quantitative estimate of drug-likeness (QED) is 0.472. The molecule has 0 saturated heterocycles. The van der Waals surface area contributed by atoms with Crippen molar-refractivity contribution in [3.05, 3.63) is 62.4 Å². The number of benzene rings is 1. The Hall–Kier alpha value is -2.62. The first-order valence-electron chi connectivity index (χ1n) is 8.72. The average molecular weight is 513 g/mol. The minimum absolute atomic E-state index is 0.180. The summed E-state index contributed by atoms with van der Waals surface area (Å²) in [7, 11) is 0. The van der Waals surface area contributed by atoms with Crippen molar-refractivity contribution in [2.24, 2.45) is 0 Å². The molecule has 2 aromatic heterocycles. The van der Waals surface area contributed by atoms with Gasteiger partial charge in [0.15, 0.2) is 5.82 Å². The molecular formula is C19H16BrCl2N5O3. The van der Waals surface area contributed by atoms with Gasteiger partial charge < -0.3 is 10.1 Å². The maximum absolute atomic E-state index is 13.1. The Bertz CT molecular complexity index is 1120. The number of hydrogen-bond acceptors (Lipinski definition) is 5. The van der Waals surface area contributed by atoms with E-state index < -0.39 is 12.0 Å². The molecule has 0 aliphatic carbocycles. The Labute approximate surface area is 190 Å². The van der Waals surface area contributed by atoms with E-state index in [1.165, 1.54) is 16.8 Å². The van der Waals surface area contributed by atoms with Gasteiger partial charge in [-0.1, -0.05) is 23.2 Å². The first kappa shape index (κ1) is 22.1. The van der Waals surface area contributed by atoms with Crippen molar-refractivity contribution < 1.29 is 14.3 Å². The fourth-order valence-corrected chi connectivity index (χ4v) is 3.52. The maximum atomic E-state index is 13.1. The molecule has 156 valence electrons. The SMILES string of the molecule is CCOC(=O)Nc1cc(Cl)cc(C)c1NC(=O)c1cc(Br)nn1-c1ncccc1Cl. The van der Waals surface area contributed by atoms with Crippen molar-refractivity contribution in [2.75, 3.05) is 17.2 Å². The number of carbonyl (C=O) groups is 2. The number of rotatable bonds is 5. The molecule has 3 rings (SSSR count). The number of nitrogens with one attached hydrogen (secondary N) is 2. The highest BCUT2D eigenvalue weighted by Crippen LogP contribution is 2.31. The molecule has 0 atom stereocenters. The molecule has 2 heterocycles. The predicted molar refractivity (Wildman–Crippen MR) is 119 cm³/mol. The molecule has 2 amide bonds. The lowest BCUT2D eigenvalue weighted by Gasteiger charge is -2.16. The third-order valence-corrected chi connectivity index (χ3v) is 4.80. The summed E-state index contributed by atoms with van der Waals surface area (Å²) in [5.74, 6) is -0.194. The van der Waals surface area contributed by atoms with Gasteiger partial charge >= 0.3 is 6.09 Å². The number of carbonyl (C=O) groups excluding carboxylic acids is 2. The van der Waals surface area contributed by atoms with Crippen LogP contribution in [0.15, 0.2) is 41.1 Å². The molecule has 1 aromatic carbocycles. The van der Waals surface area contributed by atoms with E-state index in [0.29, 0.717) is 37.4 Å². The van der Waals surface area contributed by atoms with Gasteiger partial charge in [-0.05, 0) is 59.6 Å². The lowest BCUT2D eigenvalue weighted by Crippen LogP contribution is -2.20. The molecule has 0 saturated carbocycles. The lowest BCUT2D eigenvalue weighted by molar-refractivity contribution is 0.101. The molecule has 2 N–H and O–H groups in total. The van der Waals surface area contributed by atoms with E-state index in [2.05, 4.69) is 36.6 Å². The van der Waals surface area contributed by atoms with Gasteiger partial charge in [0.25, 0.3) is 5.91 Å². The smallest absolute Gasteiger partial charge is 0.411 e. The van der Waals surface area contributed by atoms with E-state index in [1.54, 1.807) is 38.2 Å². The molecular weight excluding hydrogens is 497 g/mol. The Morgan fingerprint density at radius 1 is 1.23 bits per heavy atom. The van der Waals surface area contributed by atoms with Crippen LogP contribution in [-0.2, 0) is 4.74 Å². The molecule has 0 fully saturated rings. The third kappa shape index (κ3) is 4.92. The number of ether oxygens (including phenoxy) is 1. The van der Waals surface area contributed by atoms with E-state index in [0.717, 1.165) is 0 Å². The largest absolute Gasteiger partial charge is 0.450 e. The molecule has 8 nitrogen and oxygen atoms in total. The molecule has 30 heavy (non-hydrogen) atoms. The summed E-state index contributed by atoms with van der Waals surface area (Å²) in [6.07, 6.45) is 0.881. The second kappa shape index (κ2) is 9.46. The van der Waals surface area contributed by atoms with Crippen LogP contribution in [0.1, 0.15) is 23.0 Å². The van der Waals surface area contributed by atoms with Crippen LogP contribution in [0, 0.1) is 6.92 Å². The summed E-state index contributed by atoms with van der Waals surface area (Å²) >= 11 is 15.6. The molecule has 3 aromatic rings.